The molecule has 114 valence electrons. The van der Waals surface area contributed by atoms with Gasteiger partial charge in [-0.1, -0.05) is 18.2 Å². The van der Waals surface area contributed by atoms with E-state index in [0.717, 1.165) is 5.56 Å². The number of aryl methyl sites for hydroxylation is 1. The highest BCUT2D eigenvalue weighted by Crippen LogP contribution is 2.21. The molecule has 1 amide bonds. The van der Waals surface area contributed by atoms with E-state index >= 15 is 0 Å². The lowest BCUT2D eigenvalue weighted by atomic mass is 10.2. The van der Waals surface area contributed by atoms with Crippen molar-refractivity contribution in [2.75, 3.05) is 13.6 Å². The Balaban J connectivity index is 0.00000220. The number of carbonyl (C=O) groups excluding carboxylic acids is 1. The van der Waals surface area contributed by atoms with Gasteiger partial charge in [-0.05, 0) is 33.0 Å². The summed E-state index contributed by atoms with van der Waals surface area (Å²) in [5.74, 6) is 0.781. The lowest BCUT2D eigenvalue weighted by Crippen LogP contribution is -2.37. The fourth-order valence-corrected chi connectivity index (χ4v) is 1.74. The largest absolute Gasteiger partial charge is 0.441 e. The summed E-state index contributed by atoms with van der Waals surface area (Å²) in [5, 5.41) is 5.89. The van der Waals surface area contributed by atoms with E-state index in [2.05, 4.69) is 15.6 Å². The first-order valence-corrected chi connectivity index (χ1v) is 6.60. The zero-order valence-electron chi connectivity index (χ0n) is 12.3. The van der Waals surface area contributed by atoms with Gasteiger partial charge in [-0.15, -0.1) is 12.4 Å². The fraction of sp³-hybridized carbons (Fsp3) is 0.333. The number of hydrogen-bond donors (Lipinski definition) is 2. The van der Waals surface area contributed by atoms with Gasteiger partial charge in [-0.25, -0.2) is 4.98 Å². The molecule has 0 aliphatic heterocycles. The molecule has 1 aromatic carbocycles. The van der Waals surface area contributed by atoms with Crippen molar-refractivity contribution in [3.63, 3.8) is 0 Å². The Kier molecular flexibility index (Phi) is 6.39. The minimum Gasteiger partial charge on any atom is -0.441 e. The monoisotopic (exact) mass is 309 g/mol. The van der Waals surface area contributed by atoms with Crippen LogP contribution >= 0.6 is 12.4 Å². The van der Waals surface area contributed by atoms with Crippen molar-refractivity contribution in [3.05, 3.63) is 41.8 Å². The highest BCUT2D eigenvalue weighted by atomic mass is 35.5. The number of halogens is 1. The van der Waals surface area contributed by atoms with Crippen molar-refractivity contribution in [1.29, 1.82) is 0 Å². The minimum absolute atomic E-state index is 0. The Labute approximate surface area is 130 Å². The van der Waals surface area contributed by atoms with E-state index in [4.69, 9.17) is 4.42 Å². The molecular formula is C15H20ClN3O2. The highest BCUT2D eigenvalue weighted by molar-refractivity contribution is 5.93. The summed E-state index contributed by atoms with van der Waals surface area (Å²) in [4.78, 5) is 16.4. The number of benzene rings is 1. The second-order valence-electron chi connectivity index (χ2n) is 4.69. The number of nitrogens with one attached hydrogen (secondary N) is 2. The van der Waals surface area contributed by atoms with E-state index in [-0.39, 0.29) is 24.4 Å². The fourth-order valence-electron chi connectivity index (χ4n) is 1.74. The zero-order chi connectivity index (χ0) is 14.5. The molecule has 1 heterocycles. The molecule has 2 rings (SSSR count). The third-order valence-corrected chi connectivity index (χ3v) is 3.09. The van der Waals surface area contributed by atoms with Crippen molar-refractivity contribution in [2.24, 2.45) is 0 Å². The summed E-state index contributed by atoms with van der Waals surface area (Å²) in [6.07, 6.45) is 0. The Hall–Kier alpha value is -1.85. The smallest absolute Gasteiger partial charge is 0.273 e. The number of hydrogen-bond acceptors (Lipinski definition) is 4. The van der Waals surface area contributed by atoms with Gasteiger partial charge < -0.3 is 15.1 Å². The van der Waals surface area contributed by atoms with Crippen LogP contribution in [0.2, 0.25) is 0 Å². The molecule has 0 saturated carbocycles. The van der Waals surface area contributed by atoms with Gasteiger partial charge in [0.25, 0.3) is 5.91 Å². The van der Waals surface area contributed by atoms with Crippen LogP contribution in [0.3, 0.4) is 0 Å². The van der Waals surface area contributed by atoms with Crippen molar-refractivity contribution in [1.82, 2.24) is 15.6 Å². The molecule has 0 aliphatic carbocycles. The van der Waals surface area contributed by atoms with E-state index in [0.29, 0.717) is 23.9 Å². The molecule has 0 saturated heterocycles. The Morgan fingerprint density at radius 3 is 2.62 bits per heavy atom. The van der Waals surface area contributed by atoms with Crippen LogP contribution in [0.25, 0.3) is 11.5 Å². The Morgan fingerprint density at radius 2 is 2.00 bits per heavy atom. The maximum atomic E-state index is 12.1. The quantitative estimate of drug-likeness (QED) is 0.890. The average molecular weight is 310 g/mol. The van der Waals surface area contributed by atoms with Gasteiger partial charge in [-0.2, -0.15) is 0 Å². The first kappa shape index (κ1) is 17.2. The topological polar surface area (TPSA) is 67.2 Å². The summed E-state index contributed by atoms with van der Waals surface area (Å²) in [6, 6.07) is 9.74. The van der Waals surface area contributed by atoms with Gasteiger partial charge in [0.15, 0.2) is 5.69 Å². The zero-order valence-corrected chi connectivity index (χ0v) is 13.2. The molecule has 21 heavy (non-hydrogen) atoms. The van der Waals surface area contributed by atoms with Crippen molar-refractivity contribution >= 4 is 18.3 Å². The predicted molar refractivity (Wildman–Crippen MR) is 84.8 cm³/mol. The molecule has 1 aromatic heterocycles. The number of amides is 1. The van der Waals surface area contributed by atoms with Gasteiger partial charge in [0.2, 0.25) is 5.89 Å². The van der Waals surface area contributed by atoms with E-state index < -0.39 is 0 Å². The van der Waals surface area contributed by atoms with Crippen LogP contribution < -0.4 is 10.6 Å². The maximum absolute atomic E-state index is 12.1. The second-order valence-corrected chi connectivity index (χ2v) is 4.69. The number of nitrogens with zero attached hydrogens (tertiary/aromatic N) is 1. The Bertz CT molecular complexity index is 584. The SMILES string of the molecule is CNC(C)CNC(=O)c1nc(-c2ccccc2)oc1C.Cl. The van der Waals surface area contributed by atoms with E-state index in [9.17, 15) is 4.79 Å². The molecule has 0 spiro atoms. The van der Waals surface area contributed by atoms with Crippen LogP contribution in [0.15, 0.2) is 34.7 Å². The van der Waals surface area contributed by atoms with Gasteiger partial charge in [-0.3, -0.25) is 4.79 Å². The molecule has 2 aromatic rings. The number of carbonyl (C=O) groups is 1. The molecule has 0 fully saturated rings. The summed E-state index contributed by atoms with van der Waals surface area (Å²) in [7, 11) is 1.85. The average Bonchev–Trinajstić information content (AvgIpc) is 2.87. The first-order valence-electron chi connectivity index (χ1n) is 6.60. The third kappa shape index (κ3) is 4.31. The summed E-state index contributed by atoms with van der Waals surface area (Å²) in [5.41, 5.74) is 1.20. The van der Waals surface area contributed by atoms with Crippen molar-refractivity contribution in [2.45, 2.75) is 19.9 Å². The van der Waals surface area contributed by atoms with Gasteiger partial charge in [0, 0.05) is 18.2 Å². The van der Waals surface area contributed by atoms with Crippen LogP contribution in [0, 0.1) is 6.92 Å². The molecule has 1 atom stereocenters. The van der Waals surface area contributed by atoms with Crippen LogP contribution in [-0.2, 0) is 0 Å². The van der Waals surface area contributed by atoms with Crippen molar-refractivity contribution < 1.29 is 9.21 Å². The van der Waals surface area contributed by atoms with Gasteiger partial charge >= 0.3 is 0 Å². The molecule has 0 bridgehead atoms. The molecular weight excluding hydrogens is 290 g/mol. The van der Waals surface area contributed by atoms with Crippen LogP contribution in [-0.4, -0.2) is 30.5 Å². The minimum atomic E-state index is -0.212. The van der Waals surface area contributed by atoms with Crippen LogP contribution in [0.1, 0.15) is 23.2 Å². The number of likely N-dealkylation sites (N-methyl/N-ethyl adjacent to an activating group) is 1. The molecule has 1 unspecified atom stereocenters. The van der Waals surface area contributed by atoms with Gasteiger partial charge in [0.1, 0.15) is 5.76 Å². The molecule has 0 aliphatic rings. The molecule has 6 heteroatoms. The number of aromatic nitrogens is 1. The van der Waals surface area contributed by atoms with Crippen LogP contribution in [0.4, 0.5) is 0 Å². The van der Waals surface area contributed by atoms with Crippen molar-refractivity contribution in [3.8, 4) is 11.5 Å². The lowest BCUT2D eigenvalue weighted by Gasteiger charge is -2.10. The second kappa shape index (κ2) is 7.81. The van der Waals surface area contributed by atoms with E-state index in [1.165, 1.54) is 0 Å². The maximum Gasteiger partial charge on any atom is 0.273 e. The lowest BCUT2D eigenvalue weighted by molar-refractivity contribution is 0.0944. The first-order chi connectivity index (χ1) is 9.61. The van der Waals surface area contributed by atoms with E-state index in [1.54, 1.807) is 6.92 Å². The number of rotatable bonds is 5. The molecule has 0 radical (unpaired) electrons. The number of oxazole rings is 1. The highest BCUT2D eigenvalue weighted by Gasteiger charge is 2.18. The van der Waals surface area contributed by atoms with E-state index in [1.807, 2.05) is 44.3 Å². The Morgan fingerprint density at radius 1 is 1.33 bits per heavy atom. The summed E-state index contributed by atoms with van der Waals surface area (Å²) < 4.78 is 5.57. The summed E-state index contributed by atoms with van der Waals surface area (Å²) in [6.45, 7) is 4.28. The predicted octanol–water partition coefficient (Wildman–Crippen LogP) is 2.41. The third-order valence-electron chi connectivity index (χ3n) is 3.09. The standard InChI is InChI=1S/C15H19N3O2.ClH/c1-10(16-3)9-17-14(19)13-11(2)20-15(18-13)12-7-5-4-6-8-12;/h4-8,10,16H,9H2,1-3H3,(H,17,19);1H. The molecule has 5 nitrogen and oxygen atoms in total. The normalized spacial score (nSPS) is 11.6. The van der Waals surface area contributed by atoms with Crippen LogP contribution in [0.5, 0.6) is 0 Å². The van der Waals surface area contributed by atoms with Gasteiger partial charge in [0.05, 0.1) is 0 Å². The molecule has 2 N–H and O–H groups in total. The summed E-state index contributed by atoms with van der Waals surface area (Å²) >= 11 is 0.